The molecule has 0 spiro atoms. The molecule has 1 aliphatic heterocycles. The molecule has 2 aromatic rings. The predicted octanol–water partition coefficient (Wildman–Crippen LogP) is 4.76. The van der Waals surface area contributed by atoms with E-state index in [0.29, 0.717) is 26.7 Å². The van der Waals surface area contributed by atoms with Crippen molar-refractivity contribution in [3.05, 3.63) is 51.0 Å². The van der Waals surface area contributed by atoms with E-state index in [1.54, 1.807) is 26.4 Å². The molecule has 3 rings (SSSR count). The van der Waals surface area contributed by atoms with Crippen LogP contribution in [0.5, 0.6) is 17.2 Å². The van der Waals surface area contributed by atoms with Crippen LogP contribution in [-0.2, 0) is 0 Å². The molecule has 128 valence electrons. The molecule has 5 nitrogen and oxygen atoms in total. The third kappa shape index (κ3) is 3.06. The number of ether oxygens (including phenoxy) is 3. The van der Waals surface area contributed by atoms with Gasteiger partial charge < -0.3 is 14.2 Å². The number of halogens is 2. The minimum Gasteiger partial charge on any atom is -0.493 e. The Balaban J connectivity index is 2.22. The lowest BCUT2D eigenvalue weighted by atomic mass is 9.79. The number of nitriles is 1. The summed E-state index contributed by atoms with van der Waals surface area (Å²) in [7, 11) is 3.11. The molecule has 0 aromatic heterocycles. The zero-order valence-corrected chi connectivity index (χ0v) is 15.8. The van der Waals surface area contributed by atoms with Crippen molar-refractivity contribution < 1.29 is 14.2 Å². The minimum absolute atomic E-state index is 0.104. The van der Waals surface area contributed by atoms with Gasteiger partial charge in [0.25, 0.3) is 0 Å². The monoisotopic (exact) mass is 420 g/mol. The number of benzene rings is 2. The van der Waals surface area contributed by atoms with Gasteiger partial charge in [-0.3, -0.25) is 5.41 Å². The fourth-order valence-electron chi connectivity index (χ4n) is 2.99. The lowest BCUT2D eigenvalue weighted by molar-refractivity contribution is 0.352. The van der Waals surface area contributed by atoms with Crippen molar-refractivity contribution >= 4 is 33.4 Å². The molecule has 0 saturated carbocycles. The maximum Gasteiger partial charge on any atom is 0.205 e. The van der Waals surface area contributed by atoms with Crippen molar-refractivity contribution in [2.24, 2.45) is 5.92 Å². The fourth-order valence-corrected chi connectivity index (χ4v) is 3.77. The fraction of sp³-hybridized carbons (Fsp3) is 0.222. The first-order valence-corrected chi connectivity index (χ1v) is 8.54. The molecule has 0 saturated heterocycles. The van der Waals surface area contributed by atoms with Crippen molar-refractivity contribution in [1.82, 2.24) is 0 Å². The summed E-state index contributed by atoms with van der Waals surface area (Å²) in [4.78, 5) is 0. The molecular weight excluding hydrogens is 408 g/mol. The molecule has 0 bridgehead atoms. The average Bonchev–Trinajstić information content (AvgIpc) is 2.59. The van der Waals surface area contributed by atoms with Crippen LogP contribution in [0.25, 0.3) is 0 Å². The third-order valence-electron chi connectivity index (χ3n) is 4.10. The summed E-state index contributed by atoms with van der Waals surface area (Å²) in [6, 6.07) is 11.1. The Labute approximate surface area is 158 Å². The Bertz CT molecular complexity index is 895. The van der Waals surface area contributed by atoms with Gasteiger partial charge in [-0.15, -0.1) is 0 Å². The van der Waals surface area contributed by atoms with Gasteiger partial charge in [-0.25, -0.2) is 0 Å². The SMILES string of the molecule is COc1cc(C2c3ccc(Cl)cc3OC(=N)C2C#N)cc(Br)c1OC. The van der Waals surface area contributed by atoms with E-state index in [-0.39, 0.29) is 11.8 Å². The predicted molar refractivity (Wildman–Crippen MR) is 98.0 cm³/mol. The van der Waals surface area contributed by atoms with E-state index in [2.05, 4.69) is 22.0 Å². The molecule has 0 aliphatic carbocycles. The van der Waals surface area contributed by atoms with Gasteiger partial charge in [0, 0.05) is 16.5 Å². The topological polar surface area (TPSA) is 75.3 Å². The van der Waals surface area contributed by atoms with Crippen molar-refractivity contribution in [3.63, 3.8) is 0 Å². The molecule has 2 atom stereocenters. The van der Waals surface area contributed by atoms with Crippen LogP contribution in [0.4, 0.5) is 0 Å². The van der Waals surface area contributed by atoms with Crippen LogP contribution in [0.15, 0.2) is 34.8 Å². The molecule has 1 aliphatic rings. The van der Waals surface area contributed by atoms with Gasteiger partial charge in [0.1, 0.15) is 11.7 Å². The number of fused-ring (bicyclic) bond motifs is 1. The first-order chi connectivity index (χ1) is 12.0. The second-order valence-corrected chi connectivity index (χ2v) is 6.76. The molecule has 2 unspecified atom stereocenters. The van der Waals surface area contributed by atoms with Gasteiger partial charge >= 0.3 is 0 Å². The van der Waals surface area contributed by atoms with Crippen LogP contribution < -0.4 is 14.2 Å². The highest BCUT2D eigenvalue weighted by Gasteiger charge is 2.37. The van der Waals surface area contributed by atoms with Gasteiger partial charge in [-0.2, -0.15) is 5.26 Å². The Morgan fingerprint density at radius 2 is 2.00 bits per heavy atom. The van der Waals surface area contributed by atoms with Gasteiger partial charge in [0.2, 0.25) is 5.90 Å². The highest BCUT2D eigenvalue weighted by molar-refractivity contribution is 9.10. The second-order valence-electron chi connectivity index (χ2n) is 5.47. The summed E-state index contributed by atoms with van der Waals surface area (Å²) >= 11 is 9.52. The molecular formula is C18H14BrClN2O3. The quantitative estimate of drug-likeness (QED) is 0.775. The first-order valence-electron chi connectivity index (χ1n) is 7.37. The third-order valence-corrected chi connectivity index (χ3v) is 4.92. The van der Waals surface area contributed by atoms with Gasteiger partial charge in [0.05, 0.1) is 24.8 Å². The van der Waals surface area contributed by atoms with E-state index < -0.39 is 5.92 Å². The lowest BCUT2D eigenvalue weighted by Crippen LogP contribution is -2.31. The number of hydrogen-bond donors (Lipinski definition) is 1. The molecule has 0 fully saturated rings. The molecule has 0 amide bonds. The molecule has 2 aromatic carbocycles. The van der Waals surface area contributed by atoms with E-state index >= 15 is 0 Å². The standard InChI is InChI=1S/C18H14BrClN2O3/c1-23-15-6-9(5-13(19)17(15)24-2)16-11-4-3-10(20)7-14(11)25-18(22)12(16)8-21/h3-7,12,16,22H,1-2H3. The van der Waals surface area contributed by atoms with E-state index in [1.807, 2.05) is 18.2 Å². The zero-order chi connectivity index (χ0) is 18.1. The maximum atomic E-state index is 9.61. The smallest absolute Gasteiger partial charge is 0.205 e. The summed E-state index contributed by atoms with van der Waals surface area (Å²) in [6.45, 7) is 0. The van der Waals surface area contributed by atoms with Crippen LogP contribution >= 0.6 is 27.5 Å². The van der Waals surface area contributed by atoms with E-state index in [1.165, 1.54) is 0 Å². The van der Waals surface area contributed by atoms with Crippen molar-refractivity contribution in [1.29, 1.82) is 10.7 Å². The van der Waals surface area contributed by atoms with Gasteiger partial charge in [-0.1, -0.05) is 17.7 Å². The summed E-state index contributed by atoms with van der Waals surface area (Å²) in [5.74, 6) is 0.358. The summed E-state index contributed by atoms with van der Waals surface area (Å²) < 4.78 is 17.0. The Morgan fingerprint density at radius 3 is 2.64 bits per heavy atom. The molecule has 25 heavy (non-hydrogen) atoms. The van der Waals surface area contributed by atoms with Crippen LogP contribution in [0, 0.1) is 22.7 Å². The lowest BCUT2D eigenvalue weighted by Gasteiger charge is -2.30. The van der Waals surface area contributed by atoms with Crippen molar-refractivity contribution in [2.75, 3.05) is 14.2 Å². The highest BCUT2D eigenvalue weighted by atomic mass is 79.9. The summed E-state index contributed by atoms with van der Waals surface area (Å²) in [6.07, 6.45) is 0. The number of hydrogen-bond acceptors (Lipinski definition) is 5. The van der Waals surface area contributed by atoms with Crippen molar-refractivity contribution in [2.45, 2.75) is 5.92 Å². The van der Waals surface area contributed by atoms with Crippen LogP contribution in [0.2, 0.25) is 5.02 Å². The Kier molecular flexibility index (Phi) is 4.89. The molecule has 7 heteroatoms. The zero-order valence-electron chi connectivity index (χ0n) is 13.5. The van der Waals surface area contributed by atoms with Crippen LogP contribution in [0.3, 0.4) is 0 Å². The molecule has 1 N–H and O–H groups in total. The maximum absolute atomic E-state index is 9.61. The average molecular weight is 422 g/mol. The molecule has 1 heterocycles. The molecule has 0 radical (unpaired) electrons. The Morgan fingerprint density at radius 1 is 1.24 bits per heavy atom. The summed E-state index contributed by atoms with van der Waals surface area (Å²) in [5, 5.41) is 18.2. The van der Waals surface area contributed by atoms with Gasteiger partial charge in [0.15, 0.2) is 11.5 Å². The van der Waals surface area contributed by atoms with Crippen LogP contribution in [-0.4, -0.2) is 20.1 Å². The number of nitrogens with zero attached hydrogens (tertiary/aromatic N) is 1. The highest BCUT2D eigenvalue weighted by Crippen LogP contribution is 2.46. The largest absolute Gasteiger partial charge is 0.493 e. The van der Waals surface area contributed by atoms with E-state index in [9.17, 15) is 5.26 Å². The second kappa shape index (κ2) is 6.95. The Hall–Kier alpha value is -2.23. The number of rotatable bonds is 3. The van der Waals surface area contributed by atoms with Crippen molar-refractivity contribution in [3.8, 4) is 23.3 Å². The van der Waals surface area contributed by atoms with Gasteiger partial charge in [-0.05, 0) is 45.8 Å². The number of nitrogens with one attached hydrogen (secondary N) is 1. The number of methoxy groups -OCH3 is 2. The normalized spacial score (nSPS) is 18.8. The summed E-state index contributed by atoms with van der Waals surface area (Å²) in [5.41, 5.74) is 1.61. The minimum atomic E-state index is -0.751. The van der Waals surface area contributed by atoms with E-state index in [0.717, 1.165) is 11.1 Å². The van der Waals surface area contributed by atoms with Crippen LogP contribution in [0.1, 0.15) is 17.0 Å². The first kappa shape index (κ1) is 17.6. The van der Waals surface area contributed by atoms with E-state index in [4.69, 9.17) is 31.2 Å².